The van der Waals surface area contributed by atoms with Crippen LogP contribution in [0.4, 0.5) is 5.13 Å². The lowest BCUT2D eigenvalue weighted by atomic mass is 10.1. The third kappa shape index (κ3) is 2.56. The summed E-state index contributed by atoms with van der Waals surface area (Å²) < 4.78 is 0. The van der Waals surface area contributed by atoms with Gasteiger partial charge in [-0.05, 0) is 13.0 Å². The second-order valence-electron chi connectivity index (χ2n) is 5.35. The molecule has 2 N–H and O–H groups in total. The maximum atomic E-state index is 11.7. The molecule has 0 bridgehead atoms. The van der Waals surface area contributed by atoms with Crippen molar-refractivity contribution in [1.29, 1.82) is 0 Å². The molecule has 1 aromatic carbocycles. The monoisotopic (exact) mass is 299 g/mol. The fourth-order valence-electron chi connectivity index (χ4n) is 2.30. The molecule has 0 atom stereocenters. The normalized spacial score (nSPS) is 11.2. The second-order valence-corrected chi connectivity index (χ2v) is 6.21. The van der Waals surface area contributed by atoms with Gasteiger partial charge in [0.2, 0.25) is 5.91 Å². The minimum atomic E-state index is -0.0489. The van der Waals surface area contributed by atoms with E-state index in [4.69, 9.17) is 0 Å². The van der Waals surface area contributed by atoms with Crippen molar-refractivity contribution in [2.75, 3.05) is 5.32 Å². The topological polar surface area (TPSA) is 57.8 Å². The van der Waals surface area contributed by atoms with Crippen LogP contribution in [0.3, 0.4) is 0 Å². The number of anilines is 1. The molecule has 1 amide bonds. The van der Waals surface area contributed by atoms with Crippen LogP contribution in [0.5, 0.6) is 0 Å². The molecule has 0 saturated heterocycles. The number of hydrogen-bond acceptors (Lipinski definition) is 3. The summed E-state index contributed by atoms with van der Waals surface area (Å²) in [5.74, 6) is -0.0567. The number of para-hydroxylation sites is 1. The lowest BCUT2D eigenvalue weighted by molar-refractivity contribution is -0.118. The number of rotatable bonds is 3. The van der Waals surface area contributed by atoms with Gasteiger partial charge in [0, 0.05) is 33.5 Å². The van der Waals surface area contributed by atoms with Gasteiger partial charge in [0.1, 0.15) is 0 Å². The Bertz CT molecular complexity index is 801. The summed E-state index contributed by atoms with van der Waals surface area (Å²) in [6.45, 7) is 5.78. The Morgan fingerprint density at radius 2 is 2.10 bits per heavy atom. The molecule has 2 aromatic heterocycles. The SMILES string of the molecule is Cc1[nH]c2ccccc2c1-c1csc(NC(=O)C(C)C)n1. The molecule has 0 radical (unpaired) electrons. The molecule has 2 heterocycles. The molecule has 3 rings (SSSR count). The van der Waals surface area contributed by atoms with Gasteiger partial charge >= 0.3 is 0 Å². The molecular formula is C16H17N3OS. The molecule has 108 valence electrons. The number of nitrogens with zero attached hydrogens (tertiary/aromatic N) is 1. The largest absolute Gasteiger partial charge is 0.358 e. The van der Waals surface area contributed by atoms with E-state index in [0.717, 1.165) is 27.9 Å². The quantitative estimate of drug-likeness (QED) is 0.761. The molecule has 3 aromatic rings. The zero-order chi connectivity index (χ0) is 15.0. The van der Waals surface area contributed by atoms with Gasteiger partial charge in [-0.3, -0.25) is 4.79 Å². The van der Waals surface area contributed by atoms with E-state index in [1.54, 1.807) is 0 Å². The van der Waals surface area contributed by atoms with Crippen LogP contribution in [0, 0.1) is 12.8 Å². The van der Waals surface area contributed by atoms with Gasteiger partial charge in [-0.25, -0.2) is 4.98 Å². The highest BCUT2D eigenvalue weighted by molar-refractivity contribution is 7.14. The number of amides is 1. The van der Waals surface area contributed by atoms with Crippen molar-refractivity contribution >= 4 is 33.3 Å². The Balaban J connectivity index is 1.99. The molecule has 0 spiro atoms. The Morgan fingerprint density at radius 3 is 2.86 bits per heavy atom. The van der Waals surface area contributed by atoms with Crippen LogP contribution in [-0.4, -0.2) is 15.9 Å². The predicted octanol–water partition coefficient (Wildman–Crippen LogP) is 4.19. The van der Waals surface area contributed by atoms with Gasteiger partial charge in [-0.15, -0.1) is 11.3 Å². The van der Waals surface area contributed by atoms with Crippen molar-refractivity contribution in [3.05, 3.63) is 35.3 Å². The second kappa shape index (κ2) is 5.33. The van der Waals surface area contributed by atoms with Gasteiger partial charge < -0.3 is 10.3 Å². The van der Waals surface area contributed by atoms with Gasteiger partial charge in [-0.1, -0.05) is 32.0 Å². The van der Waals surface area contributed by atoms with E-state index in [2.05, 4.69) is 27.4 Å². The van der Waals surface area contributed by atoms with E-state index in [0.29, 0.717) is 5.13 Å². The highest BCUT2D eigenvalue weighted by atomic mass is 32.1. The lowest BCUT2D eigenvalue weighted by Crippen LogP contribution is -2.17. The number of aromatic nitrogens is 2. The van der Waals surface area contributed by atoms with Crippen LogP contribution in [0.15, 0.2) is 29.6 Å². The highest BCUT2D eigenvalue weighted by Gasteiger charge is 2.15. The highest BCUT2D eigenvalue weighted by Crippen LogP contribution is 2.33. The summed E-state index contributed by atoms with van der Waals surface area (Å²) in [5.41, 5.74) is 4.19. The van der Waals surface area contributed by atoms with Crippen molar-refractivity contribution in [3.63, 3.8) is 0 Å². The smallest absolute Gasteiger partial charge is 0.228 e. The minimum Gasteiger partial charge on any atom is -0.358 e. The zero-order valence-electron chi connectivity index (χ0n) is 12.2. The van der Waals surface area contributed by atoms with E-state index in [1.807, 2.05) is 38.3 Å². The maximum absolute atomic E-state index is 11.7. The first-order valence-electron chi connectivity index (χ1n) is 6.90. The Morgan fingerprint density at radius 1 is 1.33 bits per heavy atom. The average Bonchev–Trinajstić information content (AvgIpc) is 3.01. The van der Waals surface area contributed by atoms with Gasteiger partial charge in [0.15, 0.2) is 5.13 Å². The third-order valence-electron chi connectivity index (χ3n) is 3.41. The Kier molecular flexibility index (Phi) is 3.51. The van der Waals surface area contributed by atoms with Crippen molar-refractivity contribution in [2.24, 2.45) is 5.92 Å². The van der Waals surface area contributed by atoms with E-state index < -0.39 is 0 Å². The van der Waals surface area contributed by atoms with Gasteiger partial charge in [0.05, 0.1) is 5.69 Å². The number of fused-ring (bicyclic) bond motifs is 1. The number of nitrogens with one attached hydrogen (secondary N) is 2. The number of thiazole rings is 1. The maximum Gasteiger partial charge on any atom is 0.228 e. The fraction of sp³-hybridized carbons (Fsp3) is 0.250. The number of H-pyrrole nitrogens is 1. The van der Waals surface area contributed by atoms with E-state index in [9.17, 15) is 4.79 Å². The van der Waals surface area contributed by atoms with Crippen LogP contribution in [-0.2, 0) is 4.79 Å². The fourth-order valence-corrected chi connectivity index (χ4v) is 3.01. The van der Waals surface area contributed by atoms with Crippen molar-refractivity contribution in [3.8, 4) is 11.3 Å². The van der Waals surface area contributed by atoms with Crippen LogP contribution in [0.1, 0.15) is 19.5 Å². The molecular weight excluding hydrogens is 282 g/mol. The molecule has 0 aliphatic carbocycles. The lowest BCUT2D eigenvalue weighted by Gasteiger charge is -2.03. The van der Waals surface area contributed by atoms with Gasteiger partial charge in [0.25, 0.3) is 0 Å². The van der Waals surface area contributed by atoms with Crippen LogP contribution in [0.2, 0.25) is 0 Å². The summed E-state index contributed by atoms with van der Waals surface area (Å²) in [7, 11) is 0. The minimum absolute atomic E-state index is 0.00783. The van der Waals surface area contributed by atoms with E-state index in [-0.39, 0.29) is 11.8 Å². The van der Waals surface area contributed by atoms with Crippen LogP contribution < -0.4 is 5.32 Å². The summed E-state index contributed by atoms with van der Waals surface area (Å²) in [6, 6.07) is 8.17. The summed E-state index contributed by atoms with van der Waals surface area (Å²) in [4.78, 5) is 19.7. The Hall–Kier alpha value is -2.14. The number of aryl methyl sites for hydroxylation is 1. The predicted molar refractivity (Wildman–Crippen MR) is 87.6 cm³/mol. The molecule has 21 heavy (non-hydrogen) atoms. The third-order valence-corrected chi connectivity index (χ3v) is 4.17. The van der Waals surface area contributed by atoms with Crippen LogP contribution in [0.25, 0.3) is 22.2 Å². The van der Waals surface area contributed by atoms with Crippen molar-refractivity contribution < 1.29 is 4.79 Å². The van der Waals surface area contributed by atoms with Crippen molar-refractivity contribution in [2.45, 2.75) is 20.8 Å². The number of carbonyl (C=O) groups excluding carboxylic acids is 1. The summed E-state index contributed by atoms with van der Waals surface area (Å²) >= 11 is 1.45. The van der Waals surface area contributed by atoms with Gasteiger partial charge in [-0.2, -0.15) is 0 Å². The van der Waals surface area contributed by atoms with E-state index >= 15 is 0 Å². The number of carbonyl (C=O) groups is 1. The molecule has 0 fully saturated rings. The van der Waals surface area contributed by atoms with Crippen molar-refractivity contribution in [1.82, 2.24) is 9.97 Å². The zero-order valence-corrected chi connectivity index (χ0v) is 13.0. The first kappa shape index (κ1) is 13.8. The standard InChI is InChI=1S/C16H17N3OS/c1-9(2)15(20)19-16-18-13(8-21-16)14-10(3)17-12-7-5-4-6-11(12)14/h4-9,17H,1-3H3,(H,18,19,20). The van der Waals surface area contributed by atoms with Crippen LogP contribution >= 0.6 is 11.3 Å². The molecule has 0 aliphatic rings. The number of aromatic amines is 1. The first-order chi connectivity index (χ1) is 10.1. The molecule has 4 nitrogen and oxygen atoms in total. The summed E-state index contributed by atoms with van der Waals surface area (Å²) in [6.07, 6.45) is 0. The van der Waals surface area contributed by atoms with E-state index in [1.165, 1.54) is 11.3 Å². The summed E-state index contributed by atoms with van der Waals surface area (Å²) in [5, 5.41) is 6.64. The number of benzene rings is 1. The molecule has 5 heteroatoms. The Labute approximate surface area is 127 Å². The first-order valence-corrected chi connectivity index (χ1v) is 7.78. The number of hydrogen-bond donors (Lipinski definition) is 2. The average molecular weight is 299 g/mol. The molecule has 0 unspecified atom stereocenters. The molecule has 0 saturated carbocycles. The molecule has 0 aliphatic heterocycles.